The Morgan fingerprint density at radius 2 is 2.17 bits per heavy atom. The zero-order chi connectivity index (χ0) is 13.0. The predicted octanol–water partition coefficient (Wildman–Crippen LogP) is 2.72. The highest BCUT2D eigenvalue weighted by Crippen LogP contribution is 2.27. The number of nitrogens with zero attached hydrogens (tertiary/aromatic N) is 2. The molecule has 0 aliphatic rings. The van der Waals surface area contributed by atoms with Gasteiger partial charge in [0.25, 0.3) is 5.19 Å². The second-order valence-corrected chi connectivity index (χ2v) is 4.44. The lowest BCUT2D eigenvalue weighted by molar-refractivity contribution is 0.430. The van der Waals surface area contributed by atoms with Crippen LogP contribution in [-0.2, 0) is 6.54 Å². The van der Waals surface area contributed by atoms with Crippen LogP contribution in [0.25, 0.3) is 0 Å². The minimum absolute atomic E-state index is 0.187. The maximum absolute atomic E-state index is 13.3. The number of hydrogen-bond donors (Lipinski definition) is 1. The van der Waals surface area contributed by atoms with E-state index in [4.69, 9.17) is 4.74 Å². The molecule has 96 valence electrons. The third-order valence-electron chi connectivity index (χ3n) is 2.07. The molecule has 1 aromatic heterocycles. The minimum Gasteiger partial charge on any atom is -0.427 e. The predicted molar refractivity (Wildman–Crippen MR) is 63.7 cm³/mol. The minimum atomic E-state index is -0.639. The normalized spacial score (nSPS) is 10.6. The van der Waals surface area contributed by atoms with E-state index in [9.17, 15) is 8.78 Å². The number of benzene rings is 1. The maximum atomic E-state index is 13.3. The van der Waals surface area contributed by atoms with Gasteiger partial charge in [-0.3, -0.25) is 0 Å². The third kappa shape index (κ3) is 3.21. The number of halogens is 2. The van der Waals surface area contributed by atoms with E-state index < -0.39 is 11.6 Å². The van der Waals surface area contributed by atoms with Crippen molar-refractivity contribution >= 4 is 11.3 Å². The SMILES string of the molecule is CCNCc1nnc(Oc2cc(F)ccc2F)s1. The molecule has 0 fully saturated rings. The number of ether oxygens (including phenoxy) is 1. The molecule has 2 aromatic rings. The van der Waals surface area contributed by atoms with Crippen LogP contribution in [0.2, 0.25) is 0 Å². The summed E-state index contributed by atoms with van der Waals surface area (Å²) in [7, 11) is 0. The van der Waals surface area contributed by atoms with Crippen LogP contribution >= 0.6 is 11.3 Å². The van der Waals surface area contributed by atoms with Crippen LogP contribution in [-0.4, -0.2) is 16.7 Å². The Labute approximate surface area is 107 Å². The largest absolute Gasteiger partial charge is 0.427 e. The van der Waals surface area contributed by atoms with Gasteiger partial charge in [-0.15, -0.1) is 5.10 Å². The Balaban J connectivity index is 2.08. The third-order valence-corrected chi connectivity index (χ3v) is 2.87. The summed E-state index contributed by atoms with van der Waals surface area (Å²) in [5.41, 5.74) is 0. The summed E-state index contributed by atoms with van der Waals surface area (Å²) in [6, 6.07) is 3.00. The summed E-state index contributed by atoms with van der Waals surface area (Å²) in [6.45, 7) is 3.36. The summed E-state index contributed by atoms with van der Waals surface area (Å²) in [4.78, 5) is 0. The maximum Gasteiger partial charge on any atom is 0.299 e. The lowest BCUT2D eigenvalue weighted by Gasteiger charge is -2.01. The second-order valence-electron chi connectivity index (χ2n) is 3.42. The van der Waals surface area contributed by atoms with Crippen molar-refractivity contribution in [1.29, 1.82) is 0 Å². The quantitative estimate of drug-likeness (QED) is 0.908. The second kappa shape index (κ2) is 5.83. The fourth-order valence-corrected chi connectivity index (χ4v) is 1.90. The van der Waals surface area contributed by atoms with Crippen molar-refractivity contribution in [2.75, 3.05) is 6.54 Å². The molecule has 0 atom stereocenters. The number of aromatic nitrogens is 2. The molecule has 0 aliphatic carbocycles. The highest BCUT2D eigenvalue weighted by Gasteiger charge is 2.10. The Bertz CT molecular complexity index is 533. The van der Waals surface area contributed by atoms with Gasteiger partial charge in [0.1, 0.15) is 10.8 Å². The van der Waals surface area contributed by atoms with Crippen molar-refractivity contribution in [3.05, 3.63) is 34.8 Å². The average molecular weight is 271 g/mol. The van der Waals surface area contributed by atoms with E-state index in [1.54, 1.807) is 0 Å². The molecule has 0 aliphatic heterocycles. The molecule has 1 heterocycles. The molecule has 1 aromatic carbocycles. The topological polar surface area (TPSA) is 47.0 Å². The van der Waals surface area contributed by atoms with Gasteiger partial charge in [0, 0.05) is 12.6 Å². The van der Waals surface area contributed by atoms with Gasteiger partial charge in [0.05, 0.1) is 0 Å². The van der Waals surface area contributed by atoms with Gasteiger partial charge in [-0.05, 0) is 18.7 Å². The van der Waals surface area contributed by atoms with Crippen molar-refractivity contribution in [2.24, 2.45) is 0 Å². The number of rotatable bonds is 5. The van der Waals surface area contributed by atoms with Gasteiger partial charge in [-0.2, -0.15) is 0 Å². The van der Waals surface area contributed by atoms with Crippen molar-refractivity contribution in [3.8, 4) is 10.9 Å². The fourth-order valence-electron chi connectivity index (χ4n) is 1.23. The van der Waals surface area contributed by atoms with Crippen LogP contribution in [0.1, 0.15) is 11.9 Å². The first kappa shape index (κ1) is 12.8. The molecule has 1 N–H and O–H groups in total. The Morgan fingerprint density at radius 3 is 2.94 bits per heavy atom. The molecule has 2 rings (SSSR count). The fraction of sp³-hybridized carbons (Fsp3) is 0.273. The van der Waals surface area contributed by atoms with Crippen molar-refractivity contribution in [3.63, 3.8) is 0 Å². The highest BCUT2D eigenvalue weighted by molar-refractivity contribution is 7.13. The highest BCUT2D eigenvalue weighted by atomic mass is 32.1. The molecule has 4 nitrogen and oxygen atoms in total. The molecule has 0 bridgehead atoms. The first-order chi connectivity index (χ1) is 8.69. The van der Waals surface area contributed by atoms with Gasteiger partial charge in [0.2, 0.25) is 0 Å². The summed E-state index contributed by atoms with van der Waals surface area (Å²) in [6.07, 6.45) is 0. The van der Waals surface area contributed by atoms with Crippen LogP contribution < -0.4 is 10.1 Å². The number of hydrogen-bond acceptors (Lipinski definition) is 5. The molecule has 0 unspecified atom stereocenters. The molecule has 0 radical (unpaired) electrons. The monoisotopic (exact) mass is 271 g/mol. The molecule has 0 saturated heterocycles. The Hall–Kier alpha value is -1.60. The molecule has 0 amide bonds. The van der Waals surface area contributed by atoms with E-state index in [1.807, 2.05) is 6.92 Å². The number of nitrogens with one attached hydrogen (secondary N) is 1. The van der Waals surface area contributed by atoms with E-state index in [2.05, 4.69) is 15.5 Å². The van der Waals surface area contributed by atoms with E-state index in [0.29, 0.717) is 6.54 Å². The van der Waals surface area contributed by atoms with Crippen molar-refractivity contribution < 1.29 is 13.5 Å². The summed E-state index contributed by atoms with van der Waals surface area (Å²) in [5.74, 6) is -1.40. The van der Waals surface area contributed by atoms with Crippen LogP contribution in [0.5, 0.6) is 10.9 Å². The van der Waals surface area contributed by atoms with Crippen LogP contribution in [0.15, 0.2) is 18.2 Å². The van der Waals surface area contributed by atoms with Crippen LogP contribution in [0.3, 0.4) is 0 Å². The van der Waals surface area contributed by atoms with Crippen molar-refractivity contribution in [2.45, 2.75) is 13.5 Å². The molecular weight excluding hydrogens is 260 g/mol. The molecule has 0 saturated carbocycles. The zero-order valence-corrected chi connectivity index (χ0v) is 10.4. The van der Waals surface area contributed by atoms with Gasteiger partial charge >= 0.3 is 0 Å². The van der Waals surface area contributed by atoms with E-state index in [0.717, 1.165) is 29.8 Å². The smallest absolute Gasteiger partial charge is 0.299 e. The van der Waals surface area contributed by atoms with Gasteiger partial charge in [-0.25, -0.2) is 8.78 Å². The first-order valence-electron chi connectivity index (χ1n) is 5.35. The van der Waals surface area contributed by atoms with Gasteiger partial charge in [-0.1, -0.05) is 23.4 Å². The van der Waals surface area contributed by atoms with Crippen LogP contribution in [0, 0.1) is 11.6 Å². The standard InChI is InChI=1S/C11H11F2N3OS/c1-2-14-6-10-15-16-11(18-10)17-9-5-7(12)3-4-8(9)13/h3-5,14H,2,6H2,1H3. The zero-order valence-electron chi connectivity index (χ0n) is 9.61. The van der Waals surface area contributed by atoms with Crippen LogP contribution in [0.4, 0.5) is 8.78 Å². The van der Waals surface area contributed by atoms with E-state index in [-0.39, 0.29) is 10.9 Å². The van der Waals surface area contributed by atoms with Gasteiger partial charge in [0.15, 0.2) is 11.6 Å². The lowest BCUT2D eigenvalue weighted by atomic mass is 10.3. The molecule has 18 heavy (non-hydrogen) atoms. The Morgan fingerprint density at radius 1 is 1.33 bits per heavy atom. The lowest BCUT2D eigenvalue weighted by Crippen LogP contribution is -2.11. The summed E-state index contributed by atoms with van der Waals surface area (Å²) in [5, 5.41) is 11.6. The first-order valence-corrected chi connectivity index (χ1v) is 6.16. The van der Waals surface area contributed by atoms with Gasteiger partial charge < -0.3 is 10.1 Å². The molecular formula is C11H11F2N3OS. The average Bonchev–Trinajstić information content (AvgIpc) is 2.79. The van der Waals surface area contributed by atoms with E-state index >= 15 is 0 Å². The van der Waals surface area contributed by atoms with Crippen molar-refractivity contribution in [1.82, 2.24) is 15.5 Å². The summed E-state index contributed by atoms with van der Waals surface area (Å²) < 4.78 is 31.4. The Kier molecular flexibility index (Phi) is 4.16. The molecule has 7 heteroatoms. The summed E-state index contributed by atoms with van der Waals surface area (Å²) >= 11 is 1.19. The molecule has 0 spiro atoms. The van der Waals surface area contributed by atoms with E-state index in [1.165, 1.54) is 11.3 Å².